The summed E-state index contributed by atoms with van der Waals surface area (Å²) >= 11 is 1.24. The Morgan fingerprint density at radius 3 is 2.86 bits per heavy atom. The second kappa shape index (κ2) is 5.87. The first-order valence-electron chi connectivity index (χ1n) is 5.99. The molecule has 0 saturated carbocycles. The fraction of sp³-hybridized carbons (Fsp3) is 0.364. The van der Waals surface area contributed by atoms with Crippen molar-refractivity contribution in [3.8, 4) is 0 Å². The van der Waals surface area contributed by atoms with Gasteiger partial charge in [0.2, 0.25) is 11.6 Å². The third-order valence-electron chi connectivity index (χ3n) is 2.88. The lowest BCUT2D eigenvalue weighted by Gasteiger charge is -2.05. The van der Waals surface area contributed by atoms with E-state index in [-0.39, 0.29) is 11.5 Å². The van der Waals surface area contributed by atoms with Crippen LogP contribution < -0.4 is 5.32 Å². The van der Waals surface area contributed by atoms with Crippen LogP contribution in [0, 0.1) is 17.0 Å². The number of nitrogens with zero attached hydrogens (tertiary/aromatic N) is 4. The van der Waals surface area contributed by atoms with Gasteiger partial charge in [0, 0.05) is 32.3 Å². The monoisotopic (exact) mass is 311 g/mol. The summed E-state index contributed by atoms with van der Waals surface area (Å²) in [5.74, 6) is -0.428. The number of nitro groups is 1. The molecule has 2 rings (SSSR count). The average molecular weight is 311 g/mol. The van der Waals surface area contributed by atoms with Crippen LogP contribution in [0.3, 0.4) is 0 Å². The molecule has 0 amide bonds. The Labute approximate surface area is 123 Å². The van der Waals surface area contributed by atoms with Gasteiger partial charge in [0.05, 0.1) is 5.01 Å². The van der Waals surface area contributed by atoms with Crippen LogP contribution in [-0.4, -0.2) is 37.1 Å². The van der Waals surface area contributed by atoms with Gasteiger partial charge in [-0.2, -0.15) is 0 Å². The Hall–Kier alpha value is -2.49. The maximum absolute atomic E-state index is 10.9. The zero-order chi connectivity index (χ0) is 15.6. The highest BCUT2D eigenvalue weighted by molar-refractivity contribution is 7.09. The Balaban J connectivity index is 2.03. The normalized spacial score (nSPS) is 10.6. The summed E-state index contributed by atoms with van der Waals surface area (Å²) in [4.78, 5) is 28.9. The number of carboxylic acids is 1. The van der Waals surface area contributed by atoms with E-state index < -0.39 is 10.9 Å². The number of imidazole rings is 1. The molecule has 2 aromatic rings. The van der Waals surface area contributed by atoms with Crippen LogP contribution in [0.1, 0.15) is 21.3 Å². The van der Waals surface area contributed by atoms with Crippen LogP contribution in [0.5, 0.6) is 0 Å². The molecule has 0 aliphatic carbocycles. The number of aryl methyl sites for hydroxylation is 1. The molecule has 2 heterocycles. The fourth-order valence-corrected chi connectivity index (χ4v) is 2.50. The van der Waals surface area contributed by atoms with Crippen molar-refractivity contribution >= 4 is 28.9 Å². The number of carboxylic acid groups (broad SMARTS) is 1. The van der Waals surface area contributed by atoms with E-state index in [1.807, 2.05) is 0 Å². The van der Waals surface area contributed by atoms with E-state index >= 15 is 0 Å². The van der Waals surface area contributed by atoms with E-state index in [2.05, 4.69) is 15.3 Å². The van der Waals surface area contributed by atoms with Gasteiger partial charge in [-0.15, -0.1) is 11.3 Å². The predicted molar refractivity (Wildman–Crippen MR) is 75.9 cm³/mol. The number of hydrogen-bond donors (Lipinski definition) is 2. The highest BCUT2D eigenvalue weighted by atomic mass is 32.1. The molecule has 0 radical (unpaired) electrons. The molecule has 0 aromatic carbocycles. The fourth-order valence-electron chi connectivity index (χ4n) is 1.73. The van der Waals surface area contributed by atoms with Gasteiger partial charge >= 0.3 is 11.8 Å². The second-order valence-electron chi connectivity index (χ2n) is 4.26. The third-order valence-corrected chi connectivity index (χ3v) is 3.78. The summed E-state index contributed by atoms with van der Waals surface area (Å²) in [6, 6.07) is 0. The van der Waals surface area contributed by atoms with Crippen LogP contribution >= 0.6 is 11.3 Å². The molecule has 0 saturated heterocycles. The van der Waals surface area contributed by atoms with Gasteiger partial charge in [-0.25, -0.2) is 9.78 Å². The zero-order valence-electron chi connectivity index (χ0n) is 11.4. The van der Waals surface area contributed by atoms with Crippen molar-refractivity contribution in [3.63, 3.8) is 0 Å². The number of carbonyl (C=O) groups is 1. The van der Waals surface area contributed by atoms with E-state index in [4.69, 9.17) is 5.11 Å². The SMILES string of the molecule is Cc1nc([N+](=O)[O-])c(NCCc2nc(C(=O)O)cs2)n1C. The van der Waals surface area contributed by atoms with Crippen molar-refractivity contribution < 1.29 is 14.8 Å². The van der Waals surface area contributed by atoms with Gasteiger partial charge in [0.15, 0.2) is 5.69 Å². The lowest BCUT2D eigenvalue weighted by molar-refractivity contribution is -0.388. The second-order valence-corrected chi connectivity index (χ2v) is 5.20. The molecule has 112 valence electrons. The molecule has 21 heavy (non-hydrogen) atoms. The van der Waals surface area contributed by atoms with E-state index in [0.29, 0.717) is 29.6 Å². The van der Waals surface area contributed by atoms with Crippen molar-refractivity contribution in [2.45, 2.75) is 13.3 Å². The van der Waals surface area contributed by atoms with E-state index in [1.54, 1.807) is 18.5 Å². The molecular formula is C11H13N5O4S. The first-order valence-corrected chi connectivity index (χ1v) is 6.87. The Bertz CT molecular complexity index is 693. The molecule has 2 aromatic heterocycles. The van der Waals surface area contributed by atoms with Crippen LogP contribution in [0.15, 0.2) is 5.38 Å². The Morgan fingerprint density at radius 1 is 1.57 bits per heavy atom. The van der Waals surface area contributed by atoms with Gasteiger partial charge in [-0.3, -0.25) is 4.57 Å². The molecule has 0 atom stereocenters. The summed E-state index contributed by atoms with van der Waals surface area (Å²) in [6.07, 6.45) is 0.472. The zero-order valence-corrected chi connectivity index (χ0v) is 12.2. The van der Waals surface area contributed by atoms with Crippen LogP contribution in [-0.2, 0) is 13.5 Å². The van der Waals surface area contributed by atoms with Crippen molar-refractivity contribution in [2.75, 3.05) is 11.9 Å². The smallest absolute Gasteiger partial charge is 0.406 e. The minimum atomic E-state index is -1.07. The summed E-state index contributed by atoms with van der Waals surface area (Å²) in [6.45, 7) is 2.07. The van der Waals surface area contributed by atoms with Crippen molar-refractivity contribution in [1.82, 2.24) is 14.5 Å². The predicted octanol–water partition coefficient (Wildman–Crippen LogP) is 1.45. The number of aromatic nitrogens is 3. The van der Waals surface area contributed by atoms with Crippen molar-refractivity contribution in [3.05, 3.63) is 32.0 Å². The molecule has 0 unspecified atom stereocenters. The minimum absolute atomic E-state index is 0.0114. The molecule has 2 N–H and O–H groups in total. The van der Waals surface area contributed by atoms with Gasteiger partial charge in [0.1, 0.15) is 0 Å². The van der Waals surface area contributed by atoms with Gasteiger partial charge in [-0.1, -0.05) is 0 Å². The topological polar surface area (TPSA) is 123 Å². The third kappa shape index (κ3) is 3.16. The molecule has 0 bridgehead atoms. The average Bonchev–Trinajstić information content (AvgIpc) is 2.98. The first-order chi connectivity index (χ1) is 9.90. The molecule has 0 aliphatic rings. The summed E-state index contributed by atoms with van der Waals surface area (Å²) in [5, 5.41) is 24.8. The van der Waals surface area contributed by atoms with E-state index in [0.717, 1.165) is 0 Å². The maximum atomic E-state index is 10.9. The summed E-state index contributed by atoms with van der Waals surface area (Å²) < 4.78 is 1.60. The summed E-state index contributed by atoms with van der Waals surface area (Å²) in [5.41, 5.74) is 0.0114. The molecule has 9 nitrogen and oxygen atoms in total. The lowest BCUT2D eigenvalue weighted by Crippen LogP contribution is -2.10. The molecule has 0 aliphatic heterocycles. The number of aromatic carboxylic acids is 1. The maximum Gasteiger partial charge on any atom is 0.406 e. The first kappa shape index (κ1) is 14.9. The number of thiazole rings is 1. The number of nitrogens with one attached hydrogen (secondary N) is 1. The molecule has 0 fully saturated rings. The molecular weight excluding hydrogens is 298 g/mol. The lowest BCUT2D eigenvalue weighted by atomic mass is 10.4. The highest BCUT2D eigenvalue weighted by Crippen LogP contribution is 2.23. The largest absolute Gasteiger partial charge is 0.476 e. The summed E-state index contributed by atoms with van der Waals surface area (Å²) in [7, 11) is 1.68. The number of rotatable bonds is 6. The van der Waals surface area contributed by atoms with Crippen LogP contribution in [0.25, 0.3) is 0 Å². The number of hydrogen-bond acceptors (Lipinski definition) is 7. The molecule has 0 spiro atoms. The van der Waals surface area contributed by atoms with E-state index in [9.17, 15) is 14.9 Å². The van der Waals surface area contributed by atoms with Gasteiger partial charge in [-0.05, 0) is 9.91 Å². The highest BCUT2D eigenvalue weighted by Gasteiger charge is 2.23. The van der Waals surface area contributed by atoms with Gasteiger partial charge < -0.3 is 20.5 Å². The quantitative estimate of drug-likeness (QED) is 0.611. The van der Waals surface area contributed by atoms with Crippen molar-refractivity contribution in [1.29, 1.82) is 0 Å². The number of anilines is 1. The van der Waals surface area contributed by atoms with Crippen LogP contribution in [0.2, 0.25) is 0 Å². The standard InChI is InChI=1S/C11H13N5O4S/c1-6-13-10(16(19)20)9(15(6)2)12-4-3-8-14-7(5-21-8)11(17)18/h5,12H,3-4H2,1-2H3,(H,17,18). The van der Waals surface area contributed by atoms with Crippen molar-refractivity contribution in [2.24, 2.45) is 7.05 Å². The van der Waals surface area contributed by atoms with Gasteiger partial charge in [0.25, 0.3) is 0 Å². The Kier molecular flexibility index (Phi) is 4.17. The van der Waals surface area contributed by atoms with Crippen LogP contribution in [0.4, 0.5) is 11.6 Å². The van der Waals surface area contributed by atoms with E-state index in [1.165, 1.54) is 16.7 Å². The minimum Gasteiger partial charge on any atom is -0.476 e. The molecule has 10 heteroatoms. The Morgan fingerprint density at radius 2 is 2.29 bits per heavy atom.